The fraction of sp³-hybridized carbons (Fsp3) is 0.320. The number of fused-ring (bicyclic) bond motifs is 2. The molecule has 0 bridgehead atoms. The number of benzene rings is 1. The molecule has 1 amide bonds. The average molecular weight is 528 g/mol. The van der Waals surface area contributed by atoms with Crippen molar-refractivity contribution in [2.45, 2.75) is 26.2 Å². The number of ether oxygens (including phenoxy) is 2. The second-order valence-corrected chi connectivity index (χ2v) is 8.67. The number of rotatable bonds is 4. The maximum Gasteiger partial charge on any atom is 0.433 e. The first-order valence-corrected chi connectivity index (χ1v) is 11.8. The molecular weight excluding hydrogens is 505 g/mol. The van der Waals surface area contributed by atoms with Crippen molar-refractivity contribution in [2.75, 3.05) is 30.0 Å². The Bertz CT molecular complexity index is 1470. The maximum absolute atomic E-state index is 13.5. The molecule has 0 fully saturated rings. The second-order valence-electron chi connectivity index (χ2n) is 8.67. The summed E-state index contributed by atoms with van der Waals surface area (Å²) in [6.07, 6.45) is -3.78. The first-order chi connectivity index (χ1) is 18.1. The van der Waals surface area contributed by atoms with E-state index < -0.39 is 24.0 Å². The molecule has 0 saturated heterocycles. The number of hydrogen-bond acceptors (Lipinski definition) is 8. The minimum Gasteiger partial charge on any atom is -0.487 e. The van der Waals surface area contributed by atoms with Crippen LogP contribution in [0.5, 0.6) is 5.75 Å². The number of carbonyl (C=O) groups excluding carboxylic acids is 2. The summed E-state index contributed by atoms with van der Waals surface area (Å²) in [6, 6.07) is 7.65. The summed E-state index contributed by atoms with van der Waals surface area (Å²) >= 11 is 0. The third-order valence-corrected chi connectivity index (χ3v) is 6.16. The smallest absolute Gasteiger partial charge is 0.433 e. The highest BCUT2D eigenvalue weighted by Gasteiger charge is 2.35. The van der Waals surface area contributed by atoms with E-state index in [1.165, 1.54) is 17.0 Å². The van der Waals surface area contributed by atoms with Gasteiger partial charge in [-0.15, -0.1) is 0 Å². The van der Waals surface area contributed by atoms with Crippen molar-refractivity contribution in [3.63, 3.8) is 0 Å². The number of amides is 1. The largest absolute Gasteiger partial charge is 0.487 e. The van der Waals surface area contributed by atoms with E-state index in [1.54, 1.807) is 31.0 Å². The van der Waals surface area contributed by atoms with E-state index >= 15 is 0 Å². The number of nitrogens with zero attached hydrogens (tertiary/aromatic N) is 5. The molecule has 13 heteroatoms. The summed E-state index contributed by atoms with van der Waals surface area (Å²) in [5.41, 5.74) is 1.78. The Kier molecular flexibility index (Phi) is 6.29. The molecule has 3 aromatic rings. The van der Waals surface area contributed by atoms with Gasteiger partial charge in [0.15, 0.2) is 11.4 Å². The Balaban J connectivity index is 1.40. The van der Waals surface area contributed by atoms with Gasteiger partial charge in [-0.05, 0) is 43.2 Å². The van der Waals surface area contributed by atoms with Gasteiger partial charge in [0.25, 0.3) is 5.91 Å². The molecule has 10 nitrogen and oxygen atoms in total. The number of pyridine rings is 1. The van der Waals surface area contributed by atoms with Crippen LogP contribution in [-0.2, 0) is 18.0 Å². The fourth-order valence-electron chi connectivity index (χ4n) is 4.41. The van der Waals surface area contributed by atoms with Crippen molar-refractivity contribution in [1.29, 1.82) is 0 Å². The van der Waals surface area contributed by atoms with E-state index in [1.807, 2.05) is 13.0 Å². The molecule has 2 aromatic heterocycles. The maximum atomic E-state index is 13.5. The van der Waals surface area contributed by atoms with Crippen LogP contribution in [-0.4, -0.2) is 52.6 Å². The SMILES string of the molecule is CCOC(=O)c1nn(C)c2c1OCCN(c1ccc(C3N=Cc4nc(C(F)(F)F)ccc4N3)cc1C)C2=O. The third-order valence-electron chi connectivity index (χ3n) is 6.16. The van der Waals surface area contributed by atoms with Gasteiger partial charge in [-0.3, -0.25) is 14.5 Å². The van der Waals surface area contributed by atoms with Crippen LogP contribution in [0.25, 0.3) is 0 Å². The molecule has 1 unspecified atom stereocenters. The van der Waals surface area contributed by atoms with Crippen molar-refractivity contribution in [3.05, 3.63) is 64.2 Å². The Morgan fingerprint density at radius 3 is 2.76 bits per heavy atom. The van der Waals surface area contributed by atoms with Gasteiger partial charge in [0, 0.05) is 12.7 Å². The predicted molar refractivity (Wildman–Crippen MR) is 131 cm³/mol. The van der Waals surface area contributed by atoms with E-state index in [2.05, 4.69) is 20.4 Å². The van der Waals surface area contributed by atoms with Crippen LogP contribution in [0.15, 0.2) is 35.3 Å². The lowest BCUT2D eigenvalue weighted by Gasteiger charge is -2.25. The molecule has 5 rings (SSSR count). The molecule has 0 radical (unpaired) electrons. The van der Waals surface area contributed by atoms with Crippen LogP contribution in [0.1, 0.15) is 56.6 Å². The van der Waals surface area contributed by atoms with E-state index in [9.17, 15) is 22.8 Å². The minimum atomic E-state index is -4.54. The lowest BCUT2D eigenvalue weighted by molar-refractivity contribution is -0.141. The number of halogens is 3. The minimum absolute atomic E-state index is 0.0509. The van der Waals surface area contributed by atoms with Crippen molar-refractivity contribution < 1.29 is 32.2 Å². The number of anilines is 2. The summed E-state index contributed by atoms with van der Waals surface area (Å²) < 4.78 is 51.0. The molecule has 198 valence electrons. The number of aliphatic imine (C=N–C) groups is 1. The number of carbonyl (C=O) groups is 2. The summed E-state index contributed by atoms with van der Waals surface area (Å²) in [6.45, 7) is 4.04. The summed E-state index contributed by atoms with van der Waals surface area (Å²) in [5.74, 6) is -0.958. The number of nitrogens with one attached hydrogen (secondary N) is 1. The molecule has 38 heavy (non-hydrogen) atoms. The zero-order chi connectivity index (χ0) is 27.2. The summed E-state index contributed by atoms with van der Waals surface area (Å²) in [4.78, 5) is 35.4. The Labute approximate surface area is 215 Å². The monoisotopic (exact) mass is 528 g/mol. The lowest BCUT2D eigenvalue weighted by atomic mass is 10.0. The number of aryl methyl sites for hydroxylation is 2. The molecule has 0 aliphatic carbocycles. The molecule has 1 atom stereocenters. The quantitative estimate of drug-likeness (QED) is 0.512. The Morgan fingerprint density at radius 1 is 1.26 bits per heavy atom. The van der Waals surface area contributed by atoms with Gasteiger partial charge in [-0.2, -0.15) is 18.3 Å². The van der Waals surface area contributed by atoms with Crippen molar-refractivity contribution in [2.24, 2.45) is 12.0 Å². The van der Waals surface area contributed by atoms with Crippen LogP contribution >= 0.6 is 0 Å². The Hall–Kier alpha value is -4.42. The molecular formula is C25H23F3N6O4. The average Bonchev–Trinajstić information content (AvgIpc) is 3.11. The van der Waals surface area contributed by atoms with Gasteiger partial charge in [-0.1, -0.05) is 12.1 Å². The highest BCUT2D eigenvalue weighted by Crippen LogP contribution is 2.35. The molecule has 1 aromatic carbocycles. The first kappa shape index (κ1) is 25.2. The highest BCUT2D eigenvalue weighted by molar-refractivity contribution is 6.09. The lowest BCUT2D eigenvalue weighted by Crippen LogP contribution is -2.34. The van der Waals surface area contributed by atoms with Crippen molar-refractivity contribution >= 4 is 29.5 Å². The van der Waals surface area contributed by atoms with E-state index in [0.29, 0.717) is 11.4 Å². The highest BCUT2D eigenvalue weighted by atomic mass is 19.4. The molecule has 0 saturated carbocycles. The van der Waals surface area contributed by atoms with Gasteiger partial charge < -0.3 is 19.7 Å². The molecule has 1 N–H and O–H groups in total. The van der Waals surface area contributed by atoms with Gasteiger partial charge in [0.05, 0.1) is 25.1 Å². The van der Waals surface area contributed by atoms with Crippen LogP contribution < -0.4 is 15.0 Å². The topological polar surface area (TPSA) is 111 Å². The van der Waals surface area contributed by atoms with Crippen LogP contribution in [0.4, 0.5) is 24.5 Å². The summed E-state index contributed by atoms with van der Waals surface area (Å²) in [5, 5.41) is 7.24. The van der Waals surface area contributed by atoms with Gasteiger partial charge >= 0.3 is 12.1 Å². The zero-order valence-electron chi connectivity index (χ0n) is 20.7. The van der Waals surface area contributed by atoms with E-state index in [4.69, 9.17) is 9.47 Å². The number of hydrogen-bond donors (Lipinski definition) is 1. The Morgan fingerprint density at radius 2 is 2.05 bits per heavy atom. The van der Waals surface area contributed by atoms with Gasteiger partial charge in [0.1, 0.15) is 24.2 Å². The second kappa shape index (κ2) is 9.47. The predicted octanol–water partition coefficient (Wildman–Crippen LogP) is 3.90. The molecule has 2 aliphatic rings. The first-order valence-electron chi connectivity index (χ1n) is 11.8. The molecule has 4 heterocycles. The van der Waals surface area contributed by atoms with Crippen LogP contribution in [0.2, 0.25) is 0 Å². The molecule has 0 spiro atoms. The van der Waals surface area contributed by atoms with E-state index in [0.717, 1.165) is 17.2 Å². The van der Waals surface area contributed by atoms with Gasteiger partial charge in [-0.25, -0.2) is 9.78 Å². The van der Waals surface area contributed by atoms with Crippen LogP contribution in [0.3, 0.4) is 0 Å². The standard InChI is InChI=1S/C25H23F3N6O4/c1-4-37-24(36)19-21-20(33(3)32-19)23(35)34(9-10-38-21)17-7-5-14(11-13(17)2)22-29-12-16-15(31-22)6-8-18(30-16)25(26,27)28/h5-8,11-12,22,31H,4,9-10H2,1-3H3. The number of aromatic nitrogens is 3. The van der Waals surface area contributed by atoms with Gasteiger partial charge in [0.2, 0.25) is 5.69 Å². The van der Waals surface area contributed by atoms with Crippen molar-refractivity contribution in [3.8, 4) is 5.75 Å². The fourth-order valence-corrected chi connectivity index (χ4v) is 4.41. The zero-order valence-corrected chi connectivity index (χ0v) is 20.7. The molecule has 2 aliphatic heterocycles. The van der Waals surface area contributed by atoms with Crippen molar-refractivity contribution in [1.82, 2.24) is 14.8 Å². The number of esters is 1. The summed E-state index contributed by atoms with van der Waals surface area (Å²) in [7, 11) is 1.55. The normalized spacial score (nSPS) is 16.7. The third kappa shape index (κ3) is 4.44. The van der Waals surface area contributed by atoms with E-state index in [-0.39, 0.29) is 48.5 Å². The number of alkyl halides is 3. The van der Waals surface area contributed by atoms with Crippen LogP contribution in [0, 0.1) is 6.92 Å².